The molecule has 7 nitrogen and oxygen atoms in total. The molecule has 0 saturated heterocycles. The van der Waals surface area contributed by atoms with Crippen molar-refractivity contribution in [3.8, 4) is 0 Å². The molecule has 0 aromatic carbocycles. The fourth-order valence-electron chi connectivity index (χ4n) is 1.52. The molecule has 0 atom stereocenters. The Bertz CT molecular complexity index is 523. The van der Waals surface area contributed by atoms with Crippen molar-refractivity contribution in [2.75, 3.05) is 17.8 Å². The van der Waals surface area contributed by atoms with Crippen LogP contribution in [0.4, 0.5) is 5.69 Å². The topological polar surface area (TPSA) is 99.6 Å². The lowest BCUT2D eigenvalue weighted by Gasteiger charge is -2.19. The Kier molecular flexibility index (Phi) is 5.25. The first-order valence-electron chi connectivity index (χ1n) is 5.83. The first kappa shape index (κ1) is 15.4. The standard InChI is InChI=1S/C11H17N3O4S/c1-3-14(4-2)19(17,18)13-10-6-5-9(12-8-10)7-11(15)16/h5-6,8,13H,3-4,7H2,1-2H3,(H,15,16). The first-order valence-corrected chi connectivity index (χ1v) is 7.27. The summed E-state index contributed by atoms with van der Waals surface area (Å²) in [7, 11) is -3.58. The van der Waals surface area contributed by atoms with E-state index >= 15 is 0 Å². The fourth-order valence-corrected chi connectivity index (χ4v) is 2.75. The Morgan fingerprint density at radius 1 is 1.37 bits per heavy atom. The van der Waals surface area contributed by atoms with Gasteiger partial charge in [-0.15, -0.1) is 0 Å². The summed E-state index contributed by atoms with van der Waals surface area (Å²) in [6.45, 7) is 4.24. The molecule has 0 unspecified atom stereocenters. The number of nitrogens with zero attached hydrogens (tertiary/aromatic N) is 2. The van der Waals surface area contributed by atoms with Gasteiger partial charge >= 0.3 is 16.2 Å². The lowest BCUT2D eigenvalue weighted by Crippen LogP contribution is -2.35. The summed E-state index contributed by atoms with van der Waals surface area (Å²) in [6, 6.07) is 2.97. The summed E-state index contributed by atoms with van der Waals surface area (Å²) in [4.78, 5) is 14.4. The van der Waals surface area contributed by atoms with Crippen molar-refractivity contribution in [1.29, 1.82) is 0 Å². The average Bonchev–Trinajstić information content (AvgIpc) is 2.31. The Morgan fingerprint density at radius 3 is 2.42 bits per heavy atom. The van der Waals surface area contributed by atoms with Crippen LogP contribution in [0.5, 0.6) is 0 Å². The van der Waals surface area contributed by atoms with Gasteiger partial charge in [-0.25, -0.2) is 0 Å². The van der Waals surface area contributed by atoms with E-state index in [-0.39, 0.29) is 6.42 Å². The van der Waals surface area contributed by atoms with E-state index in [0.717, 1.165) is 0 Å². The molecular formula is C11H17N3O4S. The third kappa shape index (κ3) is 4.49. The van der Waals surface area contributed by atoms with E-state index in [4.69, 9.17) is 5.11 Å². The first-order chi connectivity index (χ1) is 8.89. The minimum Gasteiger partial charge on any atom is -0.481 e. The van der Waals surface area contributed by atoms with Gasteiger partial charge in [-0.2, -0.15) is 12.7 Å². The van der Waals surface area contributed by atoms with Gasteiger partial charge in [-0.05, 0) is 12.1 Å². The van der Waals surface area contributed by atoms with Crippen molar-refractivity contribution in [2.45, 2.75) is 20.3 Å². The number of aromatic nitrogens is 1. The molecule has 0 saturated carbocycles. The Morgan fingerprint density at radius 2 is 2.00 bits per heavy atom. The highest BCUT2D eigenvalue weighted by Gasteiger charge is 2.18. The van der Waals surface area contributed by atoms with Crippen molar-refractivity contribution in [2.24, 2.45) is 0 Å². The molecule has 0 bridgehead atoms. The van der Waals surface area contributed by atoms with Gasteiger partial charge < -0.3 is 5.11 Å². The van der Waals surface area contributed by atoms with E-state index in [2.05, 4.69) is 9.71 Å². The van der Waals surface area contributed by atoms with E-state index in [1.807, 2.05) is 0 Å². The summed E-state index contributed by atoms with van der Waals surface area (Å²) in [5.41, 5.74) is 0.680. The van der Waals surface area contributed by atoms with Gasteiger partial charge in [0.1, 0.15) is 0 Å². The second kappa shape index (κ2) is 6.48. The molecule has 1 rings (SSSR count). The minimum absolute atomic E-state index is 0.191. The number of carboxylic acids is 1. The largest absolute Gasteiger partial charge is 0.481 e. The van der Waals surface area contributed by atoms with Crippen LogP contribution in [0, 0.1) is 0 Å². The van der Waals surface area contributed by atoms with E-state index < -0.39 is 16.2 Å². The molecule has 0 spiro atoms. The van der Waals surface area contributed by atoms with Crippen LogP contribution in [0.2, 0.25) is 0 Å². The number of anilines is 1. The predicted octanol–water partition coefficient (Wildman–Crippen LogP) is 0.707. The molecule has 0 radical (unpaired) electrons. The molecule has 0 aliphatic rings. The minimum atomic E-state index is -3.58. The average molecular weight is 287 g/mol. The molecule has 1 aromatic heterocycles. The molecule has 2 N–H and O–H groups in total. The van der Waals surface area contributed by atoms with Crippen molar-refractivity contribution in [3.63, 3.8) is 0 Å². The molecule has 0 amide bonds. The Balaban J connectivity index is 2.80. The molecule has 0 fully saturated rings. The number of nitrogens with one attached hydrogen (secondary N) is 1. The number of aliphatic carboxylic acids is 1. The third-order valence-corrected chi connectivity index (χ3v) is 4.14. The van der Waals surface area contributed by atoms with Gasteiger partial charge in [-0.3, -0.25) is 14.5 Å². The lowest BCUT2D eigenvalue weighted by molar-refractivity contribution is -0.136. The van der Waals surface area contributed by atoms with Crippen LogP contribution in [0.1, 0.15) is 19.5 Å². The smallest absolute Gasteiger partial charge is 0.309 e. The molecule has 0 aliphatic carbocycles. The molecule has 106 valence electrons. The van der Waals surface area contributed by atoms with Crippen molar-refractivity contribution >= 4 is 21.9 Å². The van der Waals surface area contributed by atoms with Gasteiger partial charge in [-0.1, -0.05) is 13.8 Å². The SMILES string of the molecule is CCN(CC)S(=O)(=O)Nc1ccc(CC(=O)O)nc1. The van der Waals surface area contributed by atoms with Crippen LogP contribution in [0.25, 0.3) is 0 Å². The Labute approximate surface area is 112 Å². The summed E-state index contributed by atoms with van der Waals surface area (Å²) in [5, 5.41) is 8.60. The monoisotopic (exact) mass is 287 g/mol. The van der Waals surface area contributed by atoms with Gasteiger partial charge in [0.05, 0.1) is 24.0 Å². The molecular weight excluding hydrogens is 270 g/mol. The highest BCUT2D eigenvalue weighted by molar-refractivity contribution is 7.90. The van der Waals surface area contributed by atoms with Gasteiger partial charge in [0.25, 0.3) is 0 Å². The summed E-state index contributed by atoms with van der Waals surface area (Å²) in [6.07, 6.45) is 1.11. The van der Waals surface area contributed by atoms with Gasteiger partial charge in [0.15, 0.2) is 0 Å². The fraction of sp³-hybridized carbons (Fsp3) is 0.455. The van der Waals surface area contributed by atoms with Crippen molar-refractivity contribution < 1.29 is 18.3 Å². The third-order valence-electron chi connectivity index (χ3n) is 2.45. The van der Waals surface area contributed by atoms with E-state index in [0.29, 0.717) is 24.5 Å². The second-order valence-corrected chi connectivity index (χ2v) is 5.47. The molecule has 1 heterocycles. The summed E-state index contributed by atoms with van der Waals surface area (Å²) >= 11 is 0. The summed E-state index contributed by atoms with van der Waals surface area (Å²) in [5.74, 6) is -0.982. The zero-order valence-electron chi connectivity index (χ0n) is 10.8. The van der Waals surface area contributed by atoms with Crippen LogP contribution < -0.4 is 4.72 Å². The van der Waals surface area contributed by atoms with Crippen LogP contribution >= 0.6 is 0 Å². The number of hydrogen-bond acceptors (Lipinski definition) is 4. The second-order valence-electron chi connectivity index (χ2n) is 3.80. The van der Waals surface area contributed by atoms with E-state index in [1.54, 1.807) is 13.8 Å². The van der Waals surface area contributed by atoms with E-state index in [1.165, 1.54) is 22.6 Å². The highest BCUT2D eigenvalue weighted by Crippen LogP contribution is 2.11. The predicted molar refractivity (Wildman–Crippen MR) is 71.0 cm³/mol. The maximum atomic E-state index is 11.9. The maximum absolute atomic E-state index is 11.9. The van der Waals surface area contributed by atoms with Gasteiger partial charge in [0.2, 0.25) is 0 Å². The molecule has 8 heteroatoms. The van der Waals surface area contributed by atoms with Crippen LogP contribution in [-0.4, -0.2) is 41.9 Å². The van der Waals surface area contributed by atoms with Crippen molar-refractivity contribution in [3.05, 3.63) is 24.0 Å². The number of carbonyl (C=O) groups is 1. The number of hydrogen-bond donors (Lipinski definition) is 2. The van der Waals surface area contributed by atoms with E-state index in [9.17, 15) is 13.2 Å². The van der Waals surface area contributed by atoms with Crippen LogP contribution in [0.3, 0.4) is 0 Å². The number of carboxylic acid groups (broad SMARTS) is 1. The normalized spacial score (nSPS) is 11.5. The Hall–Kier alpha value is -1.67. The van der Waals surface area contributed by atoms with Crippen molar-refractivity contribution in [1.82, 2.24) is 9.29 Å². The quantitative estimate of drug-likeness (QED) is 0.769. The number of rotatable bonds is 7. The van der Waals surface area contributed by atoms with Gasteiger partial charge in [0, 0.05) is 13.1 Å². The molecule has 0 aliphatic heterocycles. The number of pyridine rings is 1. The highest BCUT2D eigenvalue weighted by atomic mass is 32.2. The zero-order valence-corrected chi connectivity index (χ0v) is 11.6. The maximum Gasteiger partial charge on any atom is 0.309 e. The van der Waals surface area contributed by atoms with Crippen LogP contribution in [0.15, 0.2) is 18.3 Å². The molecule has 1 aromatic rings. The van der Waals surface area contributed by atoms with Crippen LogP contribution in [-0.2, 0) is 21.4 Å². The lowest BCUT2D eigenvalue weighted by atomic mass is 10.3. The summed E-state index contributed by atoms with van der Waals surface area (Å²) < 4.78 is 27.5. The zero-order chi connectivity index (χ0) is 14.5. The molecule has 19 heavy (non-hydrogen) atoms.